The van der Waals surface area contributed by atoms with E-state index in [0.717, 1.165) is 0 Å². The van der Waals surface area contributed by atoms with Crippen LogP contribution in [-0.4, -0.2) is 36.7 Å². The van der Waals surface area contributed by atoms with E-state index in [-0.39, 0.29) is 24.9 Å². The van der Waals surface area contributed by atoms with Crippen molar-refractivity contribution in [1.29, 1.82) is 0 Å². The molecule has 7 heteroatoms. The van der Waals surface area contributed by atoms with Gasteiger partial charge in [0, 0.05) is 12.3 Å². The summed E-state index contributed by atoms with van der Waals surface area (Å²) in [6.45, 7) is 7.32. The fourth-order valence-corrected chi connectivity index (χ4v) is 3.79. The molecule has 1 unspecified atom stereocenters. The molecule has 0 amide bonds. The monoisotopic (exact) mass is 332 g/mol. The third kappa shape index (κ3) is 5.67. The first-order valence-electron chi connectivity index (χ1n) is 7.53. The number of rotatable bonds is 8. The van der Waals surface area contributed by atoms with E-state index < -0.39 is 25.3 Å². The summed E-state index contributed by atoms with van der Waals surface area (Å²) in [7, 11) is -3.46. The first kappa shape index (κ1) is 19.1. The lowest BCUT2D eigenvalue weighted by molar-refractivity contribution is -0.157. The Morgan fingerprint density at radius 2 is 1.91 bits per heavy atom. The third-order valence-electron chi connectivity index (χ3n) is 3.46. The van der Waals surface area contributed by atoms with Crippen molar-refractivity contribution in [2.45, 2.75) is 46.1 Å². The zero-order valence-corrected chi connectivity index (χ0v) is 14.6. The number of hydrogen-bond donors (Lipinski definition) is 0. The predicted octanol–water partition coefficient (Wildman–Crippen LogP) is 3.11. The summed E-state index contributed by atoms with van der Waals surface area (Å²) in [6.07, 6.45) is 3.95. The van der Waals surface area contributed by atoms with E-state index in [9.17, 15) is 14.2 Å². The predicted molar refractivity (Wildman–Crippen MR) is 82.8 cm³/mol. The summed E-state index contributed by atoms with van der Waals surface area (Å²) in [5.41, 5.74) is -0.780. The Labute approximate surface area is 131 Å². The van der Waals surface area contributed by atoms with E-state index in [1.807, 2.05) is 0 Å². The molecule has 1 atom stereocenters. The van der Waals surface area contributed by atoms with Gasteiger partial charge < -0.3 is 13.8 Å². The van der Waals surface area contributed by atoms with Crippen LogP contribution in [0.15, 0.2) is 12.2 Å². The maximum atomic E-state index is 12.3. The van der Waals surface area contributed by atoms with Crippen LogP contribution in [0.3, 0.4) is 0 Å². The summed E-state index contributed by atoms with van der Waals surface area (Å²) in [6, 6.07) is 0. The van der Waals surface area contributed by atoms with Gasteiger partial charge in [0.15, 0.2) is 5.78 Å². The molecule has 1 aliphatic rings. The van der Waals surface area contributed by atoms with Crippen LogP contribution in [-0.2, 0) is 27.9 Å². The topological polar surface area (TPSA) is 78.9 Å². The van der Waals surface area contributed by atoms with Gasteiger partial charge in [-0.25, -0.2) is 0 Å². The molecular formula is C15H25O6P. The molecule has 0 aromatic rings. The van der Waals surface area contributed by atoms with Crippen molar-refractivity contribution in [2.24, 2.45) is 5.92 Å². The van der Waals surface area contributed by atoms with Crippen LogP contribution < -0.4 is 0 Å². The molecule has 126 valence electrons. The minimum absolute atomic E-state index is 0.0484. The summed E-state index contributed by atoms with van der Waals surface area (Å²) >= 11 is 0. The van der Waals surface area contributed by atoms with Gasteiger partial charge in [0.05, 0.1) is 13.2 Å². The zero-order valence-electron chi connectivity index (χ0n) is 13.7. The average Bonchev–Trinajstić information content (AvgIpc) is 2.38. The molecule has 0 saturated heterocycles. The number of carbonyl (C=O) groups excluding carboxylic acids is 2. The number of ketones is 1. The van der Waals surface area contributed by atoms with Crippen LogP contribution in [0.1, 0.15) is 40.5 Å². The van der Waals surface area contributed by atoms with E-state index in [1.54, 1.807) is 33.8 Å². The molecule has 0 heterocycles. The quantitative estimate of drug-likeness (QED) is 0.502. The van der Waals surface area contributed by atoms with Gasteiger partial charge in [-0.15, -0.1) is 0 Å². The Kier molecular flexibility index (Phi) is 6.98. The van der Waals surface area contributed by atoms with Crippen LogP contribution in [0, 0.1) is 5.92 Å². The van der Waals surface area contributed by atoms with E-state index in [4.69, 9.17) is 13.8 Å². The van der Waals surface area contributed by atoms with E-state index in [1.165, 1.54) is 6.08 Å². The second-order valence-corrected chi connectivity index (χ2v) is 7.71. The van der Waals surface area contributed by atoms with Gasteiger partial charge in [-0.2, -0.15) is 0 Å². The largest absolute Gasteiger partial charge is 0.459 e. The molecule has 0 aliphatic heterocycles. The van der Waals surface area contributed by atoms with Gasteiger partial charge in [0.1, 0.15) is 11.8 Å². The molecule has 0 spiro atoms. The molecule has 1 rings (SSSR count). The van der Waals surface area contributed by atoms with Crippen molar-refractivity contribution in [3.8, 4) is 0 Å². The Balaban J connectivity index is 2.68. The maximum Gasteiger partial charge on any atom is 0.341 e. The number of esters is 1. The third-order valence-corrected chi connectivity index (χ3v) is 5.41. The molecule has 0 aromatic heterocycles. The number of allylic oxidation sites excluding steroid dienone is 1. The van der Waals surface area contributed by atoms with Crippen molar-refractivity contribution in [1.82, 2.24) is 0 Å². The molecule has 1 aliphatic carbocycles. The molecule has 0 fully saturated rings. The molecular weight excluding hydrogens is 307 g/mol. The van der Waals surface area contributed by atoms with Crippen molar-refractivity contribution in [2.75, 3.05) is 19.4 Å². The first-order chi connectivity index (χ1) is 10.2. The fourth-order valence-electron chi connectivity index (χ4n) is 2.36. The minimum atomic E-state index is -3.46. The standard InChI is InChI=1S/C15H25O6P/c1-5-19-22(18,20-6-2)11-14(17)21-15(3,4)12-7-9-13(16)10-8-12/h7,9,12H,5-6,8,10-11H2,1-4H3. The number of carbonyl (C=O) groups is 2. The SMILES string of the molecule is CCOP(=O)(CC(=O)OC(C)(C)C1C=CC(=O)CC1)OCC. The lowest BCUT2D eigenvalue weighted by Gasteiger charge is -2.33. The second kappa shape index (κ2) is 8.04. The van der Waals surface area contributed by atoms with Crippen molar-refractivity contribution < 1.29 is 27.9 Å². The van der Waals surface area contributed by atoms with Crippen LogP contribution in [0.2, 0.25) is 0 Å². The maximum absolute atomic E-state index is 12.3. The van der Waals surface area contributed by atoms with Gasteiger partial charge in [-0.05, 0) is 40.2 Å². The first-order valence-corrected chi connectivity index (χ1v) is 9.26. The molecule has 0 saturated carbocycles. The number of ether oxygens (including phenoxy) is 1. The van der Waals surface area contributed by atoms with Crippen LogP contribution >= 0.6 is 7.60 Å². The summed E-state index contributed by atoms with van der Waals surface area (Å²) in [5, 5.41) is 0. The molecule has 0 bridgehead atoms. The highest BCUT2D eigenvalue weighted by atomic mass is 31.2. The minimum Gasteiger partial charge on any atom is -0.459 e. The fraction of sp³-hybridized carbons (Fsp3) is 0.733. The normalized spacial score (nSPS) is 19.3. The van der Waals surface area contributed by atoms with Crippen molar-refractivity contribution >= 4 is 19.3 Å². The highest BCUT2D eigenvalue weighted by molar-refractivity contribution is 7.54. The van der Waals surface area contributed by atoms with Gasteiger partial charge in [0.2, 0.25) is 0 Å². The van der Waals surface area contributed by atoms with Crippen molar-refractivity contribution in [3.63, 3.8) is 0 Å². The molecule has 22 heavy (non-hydrogen) atoms. The summed E-state index contributed by atoms with van der Waals surface area (Å²) < 4.78 is 28.0. The smallest absolute Gasteiger partial charge is 0.341 e. The molecule has 0 aromatic carbocycles. The van der Waals surface area contributed by atoms with Gasteiger partial charge in [-0.3, -0.25) is 14.2 Å². The zero-order chi connectivity index (χ0) is 16.8. The van der Waals surface area contributed by atoms with E-state index in [0.29, 0.717) is 12.8 Å². The van der Waals surface area contributed by atoms with Crippen LogP contribution in [0.25, 0.3) is 0 Å². The molecule has 6 nitrogen and oxygen atoms in total. The highest BCUT2D eigenvalue weighted by Gasteiger charge is 2.36. The lowest BCUT2D eigenvalue weighted by Crippen LogP contribution is -2.38. The Morgan fingerprint density at radius 1 is 1.32 bits per heavy atom. The Morgan fingerprint density at radius 3 is 2.36 bits per heavy atom. The molecule has 0 radical (unpaired) electrons. The van der Waals surface area contributed by atoms with Gasteiger partial charge in [0.25, 0.3) is 0 Å². The van der Waals surface area contributed by atoms with Gasteiger partial charge >= 0.3 is 13.6 Å². The van der Waals surface area contributed by atoms with E-state index in [2.05, 4.69) is 0 Å². The van der Waals surface area contributed by atoms with Crippen LogP contribution in [0.5, 0.6) is 0 Å². The summed E-state index contributed by atoms with van der Waals surface area (Å²) in [5.74, 6) is -0.594. The Hall–Kier alpha value is -0.970. The lowest BCUT2D eigenvalue weighted by atomic mass is 9.83. The van der Waals surface area contributed by atoms with E-state index >= 15 is 0 Å². The Bertz CT molecular complexity index is 472. The average molecular weight is 332 g/mol. The molecule has 0 N–H and O–H groups in total. The number of hydrogen-bond acceptors (Lipinski definition) is 6. The van der Waals surface area contributed by atoms with Crippen LogP contribution in [0.4, 0.5) is 0 Å². The van der Waals surface area contributed by atoms with Crippen molar-refractivity contribution in [3.05, 3.63) is 12.2 Å². The van der Waals surface area contributed by atoms with Gasteiger partial charge in [-0.1, -0.05) is 6.08 Å². The highest BCUT2D eigenvalue weighted by Crippen LogP contribution is 2.48. The summed E-state index contributed by atoms with van der Waals surface area (Å²) in [4.78, 5) is 23.3. The second-order valence-electron chi connectivity index (χ2n) is 5.65.